The number of nitrogens with zero attached hydrogens (tertiary/aromatic N) is 1. The fraction of sp³-hybridized carbons (Fsp3) is 0.538. The van der Waals surface area contributed by atoms with Gasteiger partial charge in [-0.15, -0.1) is 0 Å². The van der Waals surface area contributed by atoms with Crippen molar-refractivity contribution in [2.24, 2.45) is 5.41 Å². The van der Waals surface area contributed by atoms with Gasteiger partial charge in [0, 0.05) is 28.2 Å². The number of halogens is 1. The zero-order valence-electron chi connectivity index (χ0n) is 11.3. The first kappa shape index (κ1) is 16.0. The maximum absolute atomic E-state index is 11.4. The summed E-state index contributed by atoms with van der Waals surface area (Å²) in [5, 5.41) is 10.6. The molecule has 8 heteroatoms. The van der Waals surface area contributed by atoms with E-state index in [-0.39, 0.29) is 18.0 Å². The molecule has 116 valence electrons. The molecule has 2 rings (SSSR count). The first-order valence-corrected chi connectivity index (χ1v) is 9.07. The summed E-state index contributed by atoms with van der Waals surface area (Å²) >= 11 is 0. The van der Waals surface area contributed by atoms with Gasteiger partial charge in [0.1, 0.15) is 5.75 Å². The lowest BCUT2D eigenvalue weighted by Gasteiger charge is -2.27. The second kappa shape index (κ2) is 6.19. The van der Waals surface area contributed by atoms with Gasteiger partial charge in [-0.2, -0.15) is 0 Å². The van der Waals surface area contributed by atoms with Crippen molar-refractivity contribution >= 4 is 25.4 Å². The van der Waals surface area contributed by atoms with E-state index in [9.17, 15) is 18.5 Å². The Labute approximate surface area is 127 Å². The van der Waals surface area contributed by atoms with Crippen LogP contribution in [0, 0.1) is 15.5 Å². The molecule has 6 nitrogen and oxygen atoms in total. The lowest BCUT2D eigenvalue weighted by atomic mass is 9.90. The highest BCUT2D eigenvalue weighted by Gasteiger charge is 2.38. The number of nitro groups is 1. The van der Waals surface area contributed by atoms with Gasteiger partial charge in [0.15, 0.2) is 0 Å². The van der Waals surface area contributed by atoms with E-state index in [4.69, 9.17) is 15.4 Å². The molecule has 1 aromatic rings. The molecule has 1 saturated carbocycles. The van der Waals surface area contributed by atoms with Crippen molar-refractivity contribution in [2.75, 3.05) is 12.4 Å². The second-order valence-electron chi connectivity index (χ2n) is 5.43. The van der Waals surface area contributed by atoms with Crippen LogP contribution in [0.5, 0.6) is 5.75 Å². The molecule has 0 aromatic heterocycles. The maximum Gasteiger partial charge on any atom is 0.269 e. The van der Waals surface area contributed by atoms with Crippen molar-refractivity contribution in [3.05, 3.63) is 34.4 Å². The van der Waals surface area contributed by atoms with E-state index in [2.05, 4.69) is 0 Å². The minimum Gasteiger partial charge on any atom is -0.493 e. The number of ether oxygens (including phenoxy) is 1. The van der Waals surface area contributed by atoms with Crippen LogP contribution in [0.25, 0.3) is 0 Å². The van der Waals surface area contributed by atoms with Crippen LogP contribution in [0.3, 0.4) is 0 Å². The summed E-state index contributed by atoms with van der Waals surface area (Å²) in [6.45, 7) is 0.247. The molecule has 1 aliphatic rings. The average Bonchev–Trinajstić information content (AvgIpc) is 2.83. The van der Waals surface area contributed by atoms with Crippen LogP contribution < -0.4 is 4.74 Å². The number of benzene rings is 1. The number of non-ortho nitro benzene ring substituents is 1. The first-order valence-electron chi connectivity index (χ1n) is 6.59. The molecule has 1 aromatic carbocycles. The highest BCUT2D eigenvalue weighted by Crippen LogP contribution is 2.40. The molecule has 21 heavy (non-hydrogen) atoms. The molecule has 0 bridgehead atoms. The van der Waals surface area contributed by atoms with Crippen LogP contribution in [-0.4, -0.2) is 25.7 Å². The molecule has 0 heterocycles. The molecule has 0 amide bonds. The third-order valence-electron chi connectivity index (χ3n) is 3.74. The molecule has 1 aliphatic carbocycles. The molecule has 1 fully saturated rings. The standard InChI is InChI=1S/C13H16ClNO5S/c14-21(18,19)10-13(7-1-2-8-13)9-20-12-5-3-11(4-6-12)15(16)17/h3-6H,1-2,7-10H2. The van der Waals surface area contributed by atoms with Crippen LogP contribution in [0.4, 0.5) is 5.69 Å². The Morgan fingerprint density at radius 1 is 1.24 bits per heavy atom. The smallest absolute Gasteiger partial charge is 0.269 e. The van der Waals surface area contributed by atoms with E-state index in [1.54, 1.807) is 0 Å². The fourth-order valence-corrected chi connectivity index (χ4v) is 4.52. The predicted molar refractivity (Wildman–Crippen MR) is 79.1 cm³/mol. The Morgan fingerprint density at radius 2 is 1.81 bits per heavy atom. The van der Waals surface area contributed by atoms with Crippen LogP contribution in [0.1, 0.15) is 25.7 Å². The predicted octanol–water partition coefficient (Wildman–Crippen LogP) is 3.10. The third kappa shape index (κ3) is 4.57. The Kier molecular flexibility index (Phi) is 4.73. The summed E-state index contributed by atoms with van der Waals surface area (Å²) in [6.07, 6.45) is 3.42. The minimum atomic E-state index is -3.59. The summed E-state index contributed by atoms with van der Waals surface area (Å²) in [5.41, 5.74) is -0.469. The molecule has 0 saturated heterocycles. The summed E-state index contributed by atoms with van der Waals surface area (Å²) in [5.74, 6) is 0.382. The van der Waals surface area contributed by atoms with Crippen molar-refractivity contribution in [1.82, 2.24) is 0 Å². The lowest BCUT2D eigenvalue weighted by Crippen LogP contribution is -2.32. The Hall–Kier alpha value is -1.34. The van der Waals surface area contributed by atoms with Crippen LogP contribution in [-0.2, 0) is 9.05 Å². The Balaban J connectivity index is 2.03. The van der Waals surface area contributed by atoms with Gasteiger partial charge >= 0.3 is 0 Å². The number of rotatable bonds is 6. The van der Waals surface area contributed by atoms with Gasteiger partial charge in [-0.25, -0.2) is 8.42 Å². The number of nitro benzene ring substituents is 1. The highest BCUT2D eigenvalue weighted by molar-refractivity contribution is 8.13. The van der Waals surface area contributed by atoms with Crippen molar-refractivity contribution in [1.29, 1.82) is 0 Å². The Bertz CT molecular complexity index is 608. The van der Waals surface area contributed by atoms with Crippen molar-refractivity contribution in [2.45, 2.75) is 25.7 Å². The maximum atomic E-state index is 11.4. The van der Waals surface area contributed by atoms with Gasteiger partial charge < -0.3 is 4.74 Å². The molecule has 0 aliphatic heterocycles. The van der Waals surface area contributed by atoms with Gasteiger partial charge in [-0.3, -0.25) is 10.1 Å². The van der Waals surface area contributed by atoms with E-state index in [1.807, 2.05) is 0 Å². The molecule has 0 unspecified atom stereocenters. The monoisotopic (exact) mass is 333 g/mol. The quantitative estimate of drug-likeness (QED) is 0.453. The van der Waals surface area contributed by atoms with E-state index in [0.717, 1.165) is 25.7 Å². The van der Waals surface area contributed by atoms with Crippen molar-refractivity contribution < 1.29 is 18.1 Å². The zero-order chi connectivity index (χ0) is 15.5. The van der Waals surface area contributed by atoms with Gasteiger partial charge in [0.25, 0.3) is 5.69 Å². The zero-order valence-corrected chi connectivity index (χ0v) is 12.9. The lowest BCUT2D eigenvalue weighted by molar-refractivity contribution is -0.384. The number of hydrogen-bond donors (Lipinski definition) is 0. The van der Waals surface area contributed by atoms with E-state index in [0.29, 0.717) is 5.75 Å². The van der Waals surface area contributed by atoms with Gasteiger partial charge in [0.05, 0.1) is 17.3 Å². The van der Waals surface area contributed by atoms with Gasteiger partial charge in [-0.1, -0.05) is 12.8 Å². The van der Waals surface area contributed by atoms with E-state index in [1.165, 1.54) is 24.3 Å². The molecule has 0 spiro atoms. The number of hydrogen-bond acceptors (Lipinski definition) is 5. The van der Waals surface area contributed by atoms with E-state index >= 15 is 0 Å². The van der Waals surface area contributed by atoms with Crippen LogP contribution in [0.15, 0.2) is 24.3 Å². The summed E-state index contributed by atoms with van der Waals surface area (Å²) in [4.78, 5) is 10.1. The molecule has 0 atom stereocenters. The van der Waals surface area contributed by atoms with Crippen LogP contribution >= 0.6 is 10.7 Å². The molecule has 0 radical (unpaired) electrons. The summed E-state index contributed by atoms with van der Waals surface area (Å²) in [6, 6.07) is 5.73. The van der Waals surface area contributed by atoms with Crippen molar-refractivity contribution in [3.8, 4) is 5.75 Å². The molecular formula is C13H16ClNO5S. The average molecular weight is 334 g/mol. The fourth-order valence-electron chi connectivity index (χ4n) is 2.72. The third-order valence-corrected chi connectivity index (χ3v) is 5.02. The highest BCUT2D eigenvalue weighted by atomic mass is 35.7. The SMILES string of the molecule is O=[N+]([O-])c1ccc(OCC2(CS(=O)(=O)Cl)CCCC2)cc1. The summed E-state index contributed by atoms with van der Waals surface area (Å²) < 4.78 is 28.3. The largest absolute Gasteiger partial charge is 0.493 e. The Morgan fingerprint density at radius 3 is 2.29 bits per heavy atom. The first-order chi connectivity index (χ1) is 9.80. The normalized spacial score (nSPS) is 17.6. The molecular weight excluding hydrogens is 318 g/mol. The second-order valence-corrected chi connectivity index (χ2v) is 8.21. The topological polar surface area (TPSA) is 86.5 Å². The van der Waals surface area contributed by atoms with Gasteiger partial charge in [-0.05, 0) is 25.0 Å². The summed E-state index contributed by atoms with van der Waals surface area (Å²) in [7, 11) is 1.80. The molecule has 0 N–H and O–H groups in total. The van der Waals surface area contributed by atoms with Crippen molar-refractivity contribution in [3.63, 3.8) is 0 Å². The van der Waals surface area contributed by atoms with Crippen LogP contribution in [0.2, 0.25) is 0 Å². The van der Waals surface area contributed by atoms with Gasteiger partial charge in [0.2, 0.25) is 9.05 Å². The van der Waals surface area contributed by atoms with E-state index < -0.39 is 19.4 Å². The minimum absolute atomic E-state index is 0.0127.